The summed E-state index contributed by atoms with van der Waals surface area (Å²) < 4.78 is 20.3. The van der Waals surface area contributed by atoms with Gasteiger partial charge < -0.3 is 24.1 Å². The van der Waals surface area contributed by atoms with Crippen LogP contribution >= 0.6 is 22.6 Å². The average Bonchev–Trinajstić information content (AvgIpc) is 3.03. The number of halogens is 1. The quantitative estimate of drug-likeness (QED) is 0.277. The van der Waals surface area contributed by atoms with E-state index in [0.29, 0.717) is 16.5 Å². The molecule has 3 N–H and O–H groups in total. The van der Waals surface area contributed by atoms with E-state index in [2.05, 4.69) is 4.98 Å². The van der Waals surface area contributed by atoms with Crippen LogP contribution in [0.25, 0.3) is 0 Å². The van der Waals surface area contributed by atoms with Crippen molar-refractivity contribution in [2.75, 3.05) is 6.61 Å². The van der Waals surface area contributed by atoms with Crippen molar-refractivity contribution in [3.8, 4) is 0 Å². The zero-order valence-corrected chi connectivity index (χ0v) is 21.3. The third kappa shape index (κ3) is 4.09. The minimum atomic E-state index is -2.54. The summed E-state index contributed by atoms with van der Waals surface area (Å²) in [5.41, 5.74) is -2.42. The smallest absolute Gasteiger partial charge is 0.331 e. The van der Waals surface area contributed by atoms with Crippen LogP contribution in [0.3, 0.4) is 0 Å². The second-order valence-corrected chi connectivity index (χ2v) is 15.3. The molecule has 0 spiro atoms. The molecule has 3 heterocycles. The van der Waals surface area contributed by atoms with Crippen LogP contribution in [0.15, 0.2) is 15.7 Å². The molecule has 0 saturated carbocycles. The lowest BCUT2D eigenvalue weighted by atomic mass is 9.93. The minimum Gasteiger partial charge on any atom is -0.432 e. The van der Waals surface area contributed by atoms with Gasteiger partial charge in [0.05, 0.1) is 10.3 Å². The molecule has 0 aromatic carbocycles. The Morgan fingerprint density at radius 3 is 2.43 bits per heavy atom. The van der Waals surface area contributed by atoms with Crippen LogP contribution in [-0.2, 0) is 19.9 Å². The van der Waals surface area contributed by atoms with Crippen molar-refractivity contribution in [2.24, 2.45) is 0 Å². The summed E-state index contributed by atoms with van der Waals surface area (Å²) in [4.78, 5) is 37.9. The second kappa shape index (κ2) is 7.78. The number of H-pyrrole nitrogens is 1. The number of aliphatic hydroxyl groups excluding tert-OH is 1. The molecular formula is C19H31IN2O7Si. The highest BCUT2D eigenvalue weighted by Gasteiger charge is 2.64. The summed E-state index contributed by atoms with van der Waals surface area (Å²) in [6, 6.07) is 1.32. The number of aliphatic hydroxyl groups is 1. The highest BCUT2D eigenvalue weighted by molar-refractivity contribution is 14.1. The van der Waals surface area contributed by atoms with Gasteiger partial charge in [-0.25, -0.2) is 4.79 Å². The van der Waals surface area contributed by atoms with Crippen molar-refractivity contribution in [3.63, 3.8) is 0 Å². The SMILES string of the molecule is CC1(C)OC2C(O1)[C@](CCC(C)(C)[Si](C)(C)O)(n1c(I)cc(=O)[nH]c1=O)O[C@@H]2CO. The predicted octanol–water partition coefficient (Wildman–Crippen LogP) is 1.46. The van der Waals surface area contributed by atoms with Crippen LogP contribution in [0, 0.1) is 3.70 Å². The van der Waals surface area contributed by atoms with Crippen LogP contribution in [-0.4, -0.2) is 58.5 Å². The highest BCUT2D eigenvalue weighted by atomic mass is 127. The zero-order chi connectivity index (χ0) is 22.7. The lowest BCUT2D eigenvalue weighted by molar-refractivity contribution is -0.238. The molecule has 2 aliphatic rings. The number of hydrogen-bond donors (Lipinski definition) is 3. The summed E-state index contributed by atoms with van der Waals surface area (Å²) in [5, 5.41) is 9.58. The Kier molecular flexibility index (Phi) is 6.24. The lowest BCUT2D eigenvalue weighted by Gasteiger charge is -2.41. The monoisotopic (exact) mass is 554 g/mol. The van der Waals surface area contributed by atoms with E-state index in [-0.39, 0.29) is 11.6 Å². The van der Waals surface area contributed by atoms with E-state index in [1.807, 2.05) is 49.5 Å². The Morgan fingerprint density at radius 2 is 1.90 bits per heavy atom. The minimum absolute atomic E-state index is 0.305. The molecule has 2 saturated heterocycles. The number of rotatable bonds is 6. The Hall–Kier alpha value is -0.573. The van der Waals surface area contributed by atoms with Crippen LogP contribution in [0.1, 0.15) is 40.5 Å². The van der Waals surface area contributed by atoms with Crippen molar-refractivity contribution in [2.45, 2.75) is 88.5 Å². The summed E-state index contributed by atoms with van der Waals surface area (Å²) in [6.45, 7) is 11.0. The molecule has 1 aromatic heterocycles. The number of fused-ring (bicyclic) bond motifs is 1. The van der Waals surface area contributed by atoms with Crippen molar-refractivity contribution < 1.29 is 24.1 Å². The van der Waals surface area contributed by atoms with Crippen molar-refractivity contribution in [1.82, 2.24) is 9.55 Å². The molecule has 1 aromatic rings. The summed E-state index contributed by atoms with van der Waals surface area (Å²) in [5.74, 6) is -0.921. The fraction of sp³-hybridized carbons (Fsp3) is 0.789. The van der Waals surface area contributed by atoms with Gasteiger partial charge in [0.1, 0.15) is 18.3 Å². The summed E-state index contributed by atoms with van der Waals surface area (Å²) >= 11 is 1.93. The topological polar surface area (TPSA) is 123 Å². The highest BCUT2D eigenvalue weighted by Crippen LogP contribution is 2.51. The molecule has 2 unspecified atom stereocenters. The van der Waals surface area contributed by atoms with E-state index in [9.17, 15) is 19.5 Å². The van der Waals surface area contributed by atoms with Gasteiger partial charge in [0.2, 0.25) is 0 Å². The molecule has 3 rings (SSSR count). The van der Waals surface area contributed by atoms with Gasteiger partial charge in [0.25, 0.3) is 5.56 Å². The maximum absolute atomic E-state index is 12.9. The van der Waals surface area contributed by atoms with Gasteiger partial charge >= 0.3 is 5.69 Å². The van der Waals surface area contributed by atoms with Crippen LogP contribution in [0.5, 0.6) is 0 Å². The molecular weight excluding hydrogens is 523 g/mol. The Bertz CT molecular complexity index is 923. The van der Waals surface area contributed by atoms with Gasteiger partial charge in [-0.15, -0.1) is 0 Å². The van der Waals surface area contributed by atoms with Crippen LogP contribution in [0.2, 0.25) is 18.1 Å². The standard InChI is InChI=1S/C19H31IN2O7Si/c1-17(2,30(5,6)26)7-8-19(22-12(20)9-13(24)21-16(22)25)15-14(11(10-23)27-19)28-18(3,4)29-15/h9,11,14-15,23,26H,7-8,10H2,1-6H3,(H,21,24,25)/t11-,14?,15?,19-/m1/s1. The molecule has 2 fully saturated rings. The van der Waals surface area contributed by atoms with Gasteiger partial charge in [-0.3, -0.25) is 14.3 Å². The van der Waals surface area contributed by atoms with Gasteiger partial charge in [0.15, 0.2) is 19.8 Å². The number of nitrogens with one attached hydrogen (secondary N) is 1. The molecule has 0 radical (unpaired) electrons. The number of hydrogen-bond acceptors (Lipinski definition) is 7. The van der Waals surface area contributed by atoms with Gasteiger partial charge in [-0.1, -0.05) is 13.8 Å². The van der Waals surface area contributed by atoms with E-state index in [1.165, 1.54) is 10.6 Å². The van der Waals surface area contributed by atoms with Crippen molar-refractivity contribution in [3.05, 3.63) is 30.6 Å². The average molecular weight is 554 g/mol. The fourth-order valence-electron chi connectivity index (χ4n) is 4.06. The predicted molar refractivity (Wildman–Crippen MR) is 121 cm³/mol. The molecule has 170 valence electrons. The lowest BCUT2D eigenvalue weighted by Crippen LogP contribution is -2.54. The molecule has 0 bridgehead atoms. The maximum atomic E-state index is 12.9. The van der Waals surface area contributed by atoms with Crippen LogP contribution < -0.4 is 11.2 Å². The molecule has 9 nitrogen and oxygen atoms in total. The maximum Gasteiger partial charge on any atom is 0.331 e. The zero-order valence-electron chi connectivity index (χ0n) is 18.2. The first kappa shape index (κ1) is 24.1. The fourth-order valence-corrected chi connectivity index (χ4v) is 5.70. The summed E-state index contributed by atoms with van der Waals surface area (Å²) in [6.07, 6.45) is -1.09. The van der Waals surface area contributed by atoms with Gasteiger partial charge in [-0.2, -0.15) is 0 Å². The summed E-state index contributed by atoms with van der Waals surface area (Å²) in [7, 11) is -2.54. The Morgan fingerprint density at radius 1 is 1.27 bits per heavy atom. The third-order valence-electron chi connectivity index (χ3n) is 6.52. The normalized spacial score (nSPS) is 31.2. The number of ether oxygens (including phenoxy) is 3. The number of nitrogens with zero attached hydrogens (tertiary/aromatic N) is 1. The van der Waals surface area contributed by atoms with Crippen molar-refractivity contribution in [1.29, 1.82) is 0 Å². The number of aromatic nitrogens is 2. The van der Waals surface area contributed by atoms with E-state index in [1.54, 1.807) is 13.8 Å². The first-order valence-corrected chi connectivity index (χ1v) is 14.1. The number of aromatic amines is 1. The second-order valence-electron chi connectivity index (χ2n) is 9.74. The van der Waals surface area contributed by atoms with E-state index in [0.717, 1.165) is 0 Å². The molecule has 11 heteroatoms. The first-order chi connectivity index (χ1) is 13.6. The first-order valence-electron chi connectivity index (χ1n) is 10.0. The third-order valence-corrected chi connectivity index (χ3v) is 10.9. The molecule has 30 heavy (non-hydrogen) atoms. The van der Waals surface area contributed by atoms with Crippen LogP contribution in [0.4, 0.5) is 0 Å². The van der Waals surface area contributed by atoms with Gasteiger partial charge in [-0.05, 0) is 67.4 Å². The van der Waals surface area contributed by atoms with E-state index in [4.69, 9.17) is 14.2 Å². The van der Waals surface area contributed by atoms with Gasteiger partial charge in [0, 0.05) is 6.07 Å². The molecule has 0 aliphatic carbocycles. The Labute approximate surface area is 190 Å². The Balaban J connectivity index is 2.16. The van der Waals surface area contributed by atoms with E-state index < -0.39 is 49.4 Å². The van der Waals surface area contributed by atoms with E-state index >= 15 is 0 Å². The molecule has 2 aliphatic heterocycles. The molecule has 0 amide bonds. The molecule has 4 atom stereocenters. The largest absolute Gasteiger partial charge is 0.432 e. The van der Waals surface area contributed by atoms with Crippen molar-refractivity contribution >= 4 is 30.9 Å².